The number of nitrogens with one attached hydrogen (secondary N) is 1. The summed E-state index contributed by atoms with van der Waals surface area (Å²) in [5.74, 6) is 0.0914. The van der Waals surface area contributed by atoms with Crippen molar-refractivity contribution in [1.82, 2.24) is 20.0 Å². The van der Waals surface area contributed by atoms with Gasteiger partial charge in [-0.1, -0.05) is 19.8 Å². The van der Waals surface area contributed by atoms with Crippen LogP contribution in [0.15, 0.2) is 0 Å². The third-order valence-corrected chi connectivity index (χ3v) is 6.10. The number of amides is 1. The second-order valence-corrected chi connectivity index (χ2v) is 7.56. The summed E-state index contributed by atoms with van der Waals surface area (Å²) in [6.45, 7) is 9.77. The van der Waals surface area contributed by atoms with Crippen LogP contribution in [0.2, 0.25) is 0 Å². The van der Waals surface area contributed by atoms with Gasteiger partial charge in [0.2, 0.25) is 5.91 Å². The fraction of sp³-hybridized carbons (Fsp3) is 0.789. The van der Waals surface area contributed by atoms with E-state index in [2.05, 4.69) is 29.2 Å². The van der Waals surface area contributed by atoms with E-state index in [1.54, 1.807) is 0 Å². The van der Waals surface area contributed by atoms with Crippen LogP contribution in [0.3, 0.4) is 0 Å². The van der Waals surface area contributed by atoms with Gasteiger partial charge in [0, 0.05) is 17.8 Å². The molecule has 1 saturated heterocycles. The van der Waals surface area contributed by atoms with Crippen molar-refractivity contribution >= 4 is 5.91 Å². The lowest BCUT2D eigenvalue weighted by Crippen LogP contribution is -2.53. The smallest absolute Gasteiger partial charge is 0.241 e. The van der Waals surface area contributed by atoms with Crippen LogP contribution in [-0.4, -0.2) is 45.8 Å². The van der Waals surface area contributed by atoms with Crippen molar-refractivity contribution in [2.24, 2.45) is 0 Å². The van der Waals surface area contributed by atoms with Gasteiger partial charge in [0.15, 0.2) is 0 Å². The van der Waals surface area contributed by atoms with Crippen LogP contribution in [0, 0.1) is 13.8 Å². The molecular weight excluding hydrogens is 300 g/mol. The molecule has 2 aliphatic rings. The van der Waals surface area contributed by atoms with Gasteiger partial charge < -0.3 is 5.32 Å². The highest BCUT2D eigenvalue weighted by Gasteiger charge is 2.40. The molecule has 24 heavy (non-hydrogen) atoms. The zero-order chi connectivity index (χ0) is 17.2. The van der Waals surface area contributed by atoms with Gasteiger partial charge in [0.1, 0.15) is 6.54 Å². The van der Waals surface area contributed by atoms with Crippen LogP contribution < -0.4 is 5.32 Å². The summed E-state index contributed by atoms with van der Waals surface area (Å²) in [5.41, 5.74) is 3.66. The van der Waals surface area contributed by atoms with Gasteiger partial charge in [-0.05, 0) is 64.6 Å². The predicted molar refractivity (Wildman–Crippen MR) is 96.1 cm³/mol. The number of aryl methyl sites for hydroxylation is 1. The molecule has 0 atom stereocenters. The van der Waals surface area contributed by atoms with Gasteiger partial charge in [-0.25, -0.2) is 0 Å². The molecule has 134 valence electrons. The summed E-state index contributed by atoms with van der Waals surface area (Å²) >= 11 is 0. The van der Waals surface area contributed by atoms with Gasteiger partial charge in [-0.15, -0.1) is 0 Å². The topological polar surface area (TPSA) is 50.2 Å². The molecule has 1 aromatic rings. The van der Waals surface area contributed by atoms with E-state index >= 15 is 0 Å². The average molecular weight is 332 g/mol. The first kappa shape index (κ1) is 17.5. The molecule has 5 nitrogen and oxygen atoms in total. The molecule has 0 unspecified atom stereocenters. The summed E-state index contributed by atoms with van der Waals surface area (Å²) in [6, 6.07) is 0. The van der Waals surface area contributed by atoms with Crippen LogP contribution in [0.5, 0.6) is 0 Å². The molecule has 2 heterocycles. The minimum Gasteiger partial charge on any atom is -0.353 e. The Morgan fingerprint density at radius 3 is 2.42 bits per heavy atom. The lowest BCUT2D eigenvalue weighted by molar-refractivity contribution is -0.122. The summed E-state index contributed by atoms with van der Waals surface area (Å²) in [5, 5.41) is 7.76. The maximum absolute atomic E-state index is 12.5. The van der Waals surface area contributed by atoms with Crippen LogP contribution >= 0.6 is 0 Å². The molecule has 5 heteroatoms. The first-order valence-electron chi connectivity index (χ1n) is 9.60. The van der Waals surface area contributed by atoms with Crippen molar-refractivity contribution in [3.05, 3.63) is 17.0 Å². The minimum atomic E-state index is 0.0914. The van der Waals surface area contributed by atoms with Gasteiger partial charge in [-0.2, -0.15) is 5.10 Å². The lowest BCUT2D eigenvalue weighted by atomic mass is 9.95. The lowest BCUT2D eigenvalue weighted by Gasteiger charge is -2.39. The number of hydrogen-bond donors (Lipinski definition) is 1. The number of aromatic nitrogens is 2. The number of likely N-dealkylation sites (tertiary alicyclic amines) is 1. The third-order valence-electron chi connectivity index (χ3n) is 6.10. The highest BCUT2D eigenvalue weighted by molar-refractivity contribution is 5.75. The molecule has 1 aromatic heterocycles. The zero-order valence-electron chi connectivity index (χ0n) is 15.5. The Labute approximate surface area is 145 Å². The van der Waals surface area contributed by atoms with Crippen LogP contribution in [0.1, 0.15) is 62.4 Å². The summed E-state index contributed by atoms with van der Waals surface area (Å²) in [7, 11) is 0. The van der Waals surface area contributed by atoms with Crippen LogP contribution in [0.25, 0.3) is 0 Å². The van der Waals surface area contributed by atoms with E-state index in [9.17, 15) is 4.79 Å². The van der Waals surface area contributed by atoms with E-state index in [1.165, 1.54) is 57.2 Å². The van der Waals surface area contributed by atoms with Crippen molar-refractivity contribution in [2.45, 2.75) is 77.8 Å². The quantitative estimate of drug-likeness (QED) is 0.871. The monoisotopic (exact) mass is 332 g/mol. The standard InChI is InChI=1S/C19H32N4O/c1-4-17-15(2)21-23(16(17)3)13-18(24)20-14-19(9-5-6-10-19)22-11-7-8-12-22/h4-14H2,1-3H3,(H,20,24). The summed E-state index contributed by atoms with van der Waals surface area (Å²) in [4.78, 5) is 15.1. The molecule has 3 rings (SSSR count). The Bertz CT molecular complexity index is 580. The van der Waals surface area contributed by atoms with E-state index in [-0.39, 0.29) is 11.4 Å². The predicted octanol–water partition coefficient (Wildman–Crippen LogP) is 2.59. The Morgan fingerprint density at radius 2 is 1.83 bits per heavy atom. The second kappa shape index (κ2) is 7.26. The highest BCUT2D eigenvalue weighted by Crippen LogP contribution is 2.36. The Kier molecular flexibility index (Phi) is 5.28. The van der Waals surface area contributed by atoms with E-state index in [0.717, 1.165) is 24.4 Å². The van der Waals surface area contributed by atoms with Crippen molar-refractivity contribution in [2.75, 3.05) is 19.6 Å². The maximum Gasteiger partial charge on any atom is 0.241 e. The Balaban J connectivity index is 1.60. The molecule has 1 amide bonds. The molecule has 1 N–H and O–H groups in total. The van der Waals surface area contributed by atoms with Gasteiger partial charge in [0.25, 0.3) is 0 Å². The van der Waals surface area contributed by atoms with E-state index in [4.69, 9.17) is 0 Å². The summed E-state index contributed by atoms with van der Waals surface area (Å²) < 4.78 is 1.86. The van der Waals surface area contributed by atoms with Gasteiger partial charge in [-0.3, -0.25) is 14.4 Å². The fourth-order valence-electron chi connectivity index (χ4n) is 4.68. The fourth-order valence-corrected chi connectivity index (χ4v) is 4.68. The number of rotatable bonds is 6. The van der Waals surface area contributed by atoms with E-state index in [0.29, 0.717) is 6.54 Å². The van der Waals surface area contributed by atoms with Crippen molar-refractivity contribution in [3.8, 4) is 0 Å². The second-order valence-electron chi connectivity index (χ2n) is 7.56. The molecule has 1 aliphatic carbocycles. The van der Waals surface area contributed by atoms with Gasteiger partial charge >= 0.3 is 0 Å². The molecule has 2 fully saturated rings. The van der Waals surface area contributed by atoms with Gasteiger partial charge in [0.05, 0.1) is 5.69 Å². The van der Waals surface area contributed by atoms with Crippen LogP contribution in [0.4, 0.5) is 0 Å². The maximum atomic E-state index is 12.5. The Hall–Kier alpha value is -1.36. The minimum absolute atomic E-state index is 0.0914. The zero-order valence-corrected chi connectivity index (χ0v) is 15.5. The van der Waals surface area contributed by atoms with Crippen molar-refractivity contribution in [1.29, 1.82) is 0 Å². The van der Waals surface area contributed by atoms with E-state index < -0.39 is 0 Å². The molecule has 0 bridgehead atoms. The largest absolute Gasteiger partial charge is 0.353 e. The molecular formula is C19H32N4O. The third kappa shape index (κ3) is 3.37. The average Bonchev–Trinajstić information content (AvgIpc) is 3.28. The molecule has 0 spiro atoms. The molecule has 0 aromatic carbocycles. The SMILES string of the molecule is CCc1c(C)nn(CC(=O)NCC2(N3CCCC3)CCCC2)c1C. The number of hydrogen-bond acceptors (Lipinski definition) is 3. The first-order valence-corrected chi connectivity index (χ1v) is 9.60. The molecule has 1 aliphatic heterocycles. The normalized spacial score (nSPS) is 20.6. The van der Waals surface area contributed by atoms with Crippen LogP contribution in [-0.2, 0) is 17.8 Å². The Morgan fingerprint density at radius 1 is 1.17 bits per heavy atom. The molecule has 1 saturated carbocycles. The summed E-state index contributed by atoms with van der Waals surface area (Å²) in [6.07, 6.45) is 8.63. The van der Waals surface area contributed by atoms with E-state index in [1.807, 2.05) is 11.6 Å². The first-order chi connectivity index (χ1) is 11.6. The highest BCUT2D eigenvalue weighted by atomic mass is 16.2. The number of carbonyl (C=O) groups excluding carboxylic acids is 1. The van der Waals surface area contributed by atoms with Crippen molar-refractivity contribution in [3.63, 3.8) is 0 Å². The molecule has 0 radical (unpaired) electrons. The number of carbonyl (C=O) groups is 1. The van der Waals surface area contributed by atoms with Crippen molar-refractivity contribution < 1.29 is 4.79 Å². The number of nitrogens with zero attached hydrogens (tertiary/aromatic N) is 3.